The number of aromatic nitrogens is 4. The second-order valence-electron chi connectivity index (χ2n) is 6.59. The molecule has 0 radical (unpaired) electrons. The summed E-state index contributed by atoms with van der Waals surface area (Å²) in [7, 11) is -3.52. The summed E-state index contributed by atoms with van der Waals surface area (Å²) in [5.41, 5.74) is 0.822. The first-order chi connectivity index (χ1) is 14.5. The second kappa shape index (κ2) is 8.94. The van der Waals surface area contributed by atoms with Crippen molar-refractivity contribution in [3.63, 3.8) is 0 Å². The van der Waals surface area contributed by atoms with Gasteiger partial charge in [-0.15, -0.1) is 5.10 Å². The van der Waals surface area contributed by atoms with E-state index in [9.17, 15) is 13.2 Å². The van der Waals surface area contributed by atoms with Crippen LogP contribution in [0.1, 0.15) is 5.56 Å². The fourth-order valence-corrected chi connectivity index (χ4v) is 4.90. The number of sulfonamides is 1. The van der Waals surface area contributed by atoms with Crippen molar-refractivity contribution >= 4 is 39.5 Å². The van der Waals surface area contributed by atoms with Gasteiger partial charge in [-0.3, -0.25) is 4.79 Å². The van der Waals surface area contributed by atoms with Gasteiger partial charge in [0.15, 0.2) is 0 Å². The number of carbonyl (C=O) groups is 1. The standard InChI is InChI=1S/C19H20N6O3S2/c26-17(15-29-19-21-18-20-8-4-9-25(18)22-19)23-10-12-24(13-11-23)30(27,28)14-7-16-5-2-1-3-6-16/h1-9,14H,10-13,15H2/b14-7+. The molecule has 2 aromatic heterocycles. The average Bonchev–Trinajstić information content (AvgIpc) is 3.20. The first-order valence-electron chi connectivity index (χ1n) is 9.32. The van der Waals surface area contributed by atoms with Gasteiger partial charge in [0.1, 0.15) is 0 Å². The molecule has 0 aliphatic carbocycles. The Kier molecular flexibility index (Phi) is 6.11. The number of nitrogens with zero attached hydrogens (tertiary/aromatic N) is 6. The van der Waals surface area contributed by atoms with Crippen LogP contribution in [0, 0.1) is 0 Å². The van der Waals surface area contributed by atoms with E-state index in [1.807, 2.05) is 30.3 Å². The van der Waals surface area contributed by atoms with Crippen LogP contribution in [0.15, 0.2) is 59.4 Å². The number of amides is 1. The van der Waals surface area contributed by atoms with Crippen LogP contribution in [-0.4, -0.2) is 75.0 Å². The summed E-state index contributed by atoms with van der Waals surface area (Å²) in [4.78, 5) is 22.5. The minimum Gasteiger partial charge on any atom is -0.339 e. The number of carbonyl (C=O) groups excluding carboxylic acids is 1. The third kappa shape index (κ3) is 4.86. The highest BCUT2D eigenvalue weighted by Crippen LogP contribution is 2.16. The summed E-state index contributed by atoms with van der Waals surface area (Å²) < 4.78 is 28.0. The molecule has 3 heterocycles. The Morgan fingerprint density at radius 1 is 1.10 bits per heavy atom. The molecule has 30 heavy (non-hydrogen) atoms. The minimum absolute atomic E-state index is 0.0660. The molecule has 1 aromatic carbocycles. The van der Waals surface area contributed by atoms with Gasteiger partial charge in [-0.25, -0.2) is 17.9 Å². The highest BCUT2D eigenvalue weighted by Gasteiger charge is 2.27. The third-order valence-electron chi connectivity index (χ3n) is 4.61. The average molecular weight is 445 g/mol. The third-order valence-corrected chi connectivity index (χ3v) is 6.99. The summed E-state index contributed by atoms with van der Waals surface area (Å²) >= 11 is 1.24. The van der Waals surface area contributed by atoms with Crippen LogP contribution in [-0.2, 0) is 14.8 Å². The molecule has 156 valence electrons. The molecule has 1 aliphatic rings. The van der Waals surface area contributed by atoms with E-state index in [0.717, 1.165) is 5.56 Å². The van der Waals surface area contributed by atoms with E-state index in [2.05, 4.69) is 15.1 Å². The predicted octanol–water partition coefficient (Wildman–Crippen LogP) is 1.36. The zero-order chi connectivity index (χ0) is 21.0. The van der Waals surface area contributed by atoms with Gasteiger partial charge in [0.25, 0.3) is 5.78 Å². The first-order valence-corrected chi connectivity index (χ1v) is 11.8. The first kappa shape index (κ1) is 20.5. The lowest BCUT2D eigenvalue weighted by atomic mass is 10.2. The molecule has 0 bridgehead atoms. The van der Waals surface area contributed by atoms with Gasteiger partial charge in [0.2, 0.25) is 21.1 Å². The van der Waals surface area contributed by atoms with Crippen molar-refractivity contribution < 1.29 is 13.2 Å². The Labute approximate surface area is 178 Å². The van der Waals surface area contributed by atoms with Crippen LogP contribution in [0.2, 0.25) is 0 Å². The van der Waals surface area contributed by atoms with E-state index < -0.39 is 10.0 Å². The van der Waals surface area contributed by atoms with Gasteiger partial charge in [-0.2, -0.15) is 9.29 Å². The Hall–Kier alpha value is -2.76. The molecular weight excluding hydrogens is 424 g/mol. The fourth-order valence-electron chi connectivity index (χ4n) is 3.00. The number of hydrogen-bond acceptors (Lipinski definition) is 7. The van der Waals surface area contributed by atoms with Crippen LogP contribution in [0.25, 0.3) is 11.9 Å². The molecule has 0 unspecified atom stereocenters. The summed E-state index contributed by atoms with van der Waals surface area (Å²) in [6.07, 6.45) is 4.96. The number of benzene rings is 1. The lowest BCUT2D eigenvalue weighted by Crippen LogP contribution is -2.50. The van der Waals surface area contributed by atoms with Gasteiger partial charge < -0.3 is 4.90 Å². The minimum atomic E-state index is -3.52. The predicted molar refractivity (Wildman–Crippen MR) is 114 cm³/mol. The maximum absolute atomic E-state index is 12.5. The van der Waals surface area contributed by atoms with Crippen molar-refractivity contribution in [2.75, 3.05) is 31.9 Å². The zero-order valence-electron chi connectivity index (χ0n) is 16.0. The molecular formula is C19H20N6O3S2. The van der Waals surface area contributed by atoms with Crippen molar-refractivity contribution in [1.82, 2.24) is 28.8 Å². The molecule has 4 rings (SSSR count). The zero-order valence-corrected chi connectivity index (χ0v) is 17.7. The normalized spacial score (nSPS) is 15.8. The van der Waals surface area contributed by atoms with E-state index >= 15 is 0 Å². The fraction of sp³-hybridized carbons (Fsp3) is 0.263. The molecule has 0 spiro atoms. The van der Waals surface area contributed by atoms with Crippen molar-refractivity contribution in [3.8, 4) is 0 Å². The topological polar surface area (TPSA) is 101 Å². The molecule has 1 fully saturated rings. The number of thioether (sulfide) groups is 1. The maximum Gasteiger partial charge on any atom is 0.253 e. The van der Waals surface area contributed by atoms with Gasteiger partial charge >= 0.3 is 0 Å². The molecule has 1 aliphatic heterocycles. The number of hydrogen-bond donors (Lipinski definition) is 0. The van der Waals surface area contributed by atoms with Gasteiger partial charge in [-0.05, 0) is 17.7 Å². The lowest BCUT2D eigenvalue weighted by molar-refractivity contribution is -0.129. The number of fused-ring (bicyclic) bond motifs is 1. The van der Waals surface area contributed by atoms with E-state index in [4.69, 9.17) is 0 Å². The van der Waals surface area contributed by atoms with Gasteiger partial charge in [-0.1, -0.05) is 42.1 Å². The quantitative estimate of drug-likeness (QED) is 0.529. The van der Waals surface area contributed by atoms with Crippen LogP contribution >= 0.6 is 11.8 Å². The number of rotatable bonds is 6. The van der Waals surface area contributed by atoms with Crippen LogP contribution in [0.5, 0.6) is 0 Å². The second-order valence-corrected chi connectivity index (χ2v) is 9.35. The van der Waals surface area contributed by atoms with Crippen molar-refractivity contribution in [3.05, 3.63) is 59.8 Å². The van der Waals surface area contributed by atoms with Crippen LogP contribution in [0.3, 0.4) is 0 Å². The van der Waals surface area contributed by atoms with Crippen LogP contribution < -0.4 is 0 Å². The van der Waals surface area contributed by atoms with Gasteiger partial charge in [0.05, 0.1) is 5.75 Å². The largest absolute Gasteiger partial charge is 0.339 e. The summed E-state index contributed by atoms with van der Waals surface area (Å²) in [6, 6.07) is 11.0. The van der Waals surface area contributed by atoms with Crippen molar-refractivity contribution in [1.29, 1.82) is 0 Å². The Bertz CT molecular complexity index is 1120. The summed E-state index contributed by atoms with van der Waals surface area (Å²) in [5, 5.41) is 5.96. The maximum atomic E-state index is 12.5. The van der Waals surface area contributed by atoms with Crippen molar-refractivity contribution in [2.24, 2.45) is 0 Å². The Morgan fingerprint density at radius 3 is 2.60 bits per heavy atom. The SMILES string of the molecule is O=C(CSc1nc2ncccn2n1)N1CCN(S(=O)(=O)/C=C/c2ccccc2)CC1. The Morgan fingerprint density at radius 2 is 1.87 bits per heavy atom. The van der Waals surface area contributed by atoms with E-state index in [1.165, 1.54) is 21.5 Å². The highest BCUT2D eigenvalue weighted by atomic mass is 32.2. The molecule has 11 heteroatoms. The molecule has 9 nitrogen and oxygen atoms in total. The number of piperazine rings is 1. The highest BCUT2D eigenvalue weighted by molar-refractivity contribution is 7.99. The lowest BCUT2D eigenvalue weighted by Gasteiger charge is -2.33. The Balaban J connectivity index is 1.29. The molecule has 0 N–H and O–H groups in total. The molecule has 3 aromatic rings. The van der Waals surface area contributed by atoms with E-state index in [0.29, 0.717) is 24.0 Å². The molecule has 0 saturated carbocycles. The van der Waals surface area contributed by atoms with Crippen molar-refractivity contribution in [2.45, 2.75) is 5.16 Å². The van der Waals surface area contributed by atoms with Gasteiger partial charge in [0, 0.05) is 44.0 Å². The smallest absolute Gasteiger partial charge is 0.253 e. The molecule has 1 amide bonds. The monoisotopic (exact) mass is 444 g/mol. The summed E-state index contributed by atoms with van der Waals surface area (Å²) in [5.74, 6) is 0.607. The van der Waals surface area contributed by atoms with Crippen LogP contribution in [0.4, 0.5) is 0 Å². The van der Waals surface area contributed by atoms with E-state index in [1.54, 1.807) is 34.0 Å². The summed E-state index contributed by atoms with van der Waals surface area (Å²) in [6.45, 7) is 1.26. The van der Waals surface area contributed by atoms with E-state index in [-0.39, 0.29) is 24.7 Å². The molecule has 1 saturated heterocycles. The molecule has 0 atom stereocenters.